The summed E-state index contributed by atoms with van der Waals surface area (Å²) >= 11 is 5.54. The summed E-state index contributed by atoms with van der Waals surface area (Å²) in [5.74, 6) is 0. The van der Waals surface area contributed by atoms with Crippen molar-refractivity contribution in [2.45, 2.75) is 223 Å². The number of unbranched alkanes of at least 4 members (excludes halogenated alkanes) is 21. The summed E-state index contributed by atoms with van der Waals surface area (Å²) in [5, 5.41) is 62.1. The van der Waals surface area contributed by atoms with Crippen molar-refractivity contribution in [3.05, 3.63) is 12.2 Å². The van der Waals surface area contributed by atoms with Crippen LogP contribution >= 0.6 is 12.2 Å². The number of thiocarbonyl (C=S) groups is 1. The molecule has 0 aromatic rings. The van der Waals surface area contributed by atoms with Crippen molar-refractivity contribution < 1.29 is 25.5 Å². The smallest absolute Gasteiger partial charge is 0.166 e. The molecule has 0 fully saturated rings. The lowest BCUT2D eigenvalue weighted by Gasteiger charge is -2.33. The van der Waals surface area contributed by atoms with Crippen LogP contribution in [-0.2, 0) is 0 Å². The van der Waals surface area contributed by atoms with Crippen molar-refractivity contribution in [2.75, 3.05) is 13.1 Å². The van der Waals surface area contributed by atoms with Gasteiger partial charge in [-0.05, 0) is 37.9 Å². The number of aliphatic hydroxyl groups excluding tert-OH is 5. The molecular formula is C40H79N3O5S. The van der Waals surface area contributed by atoms with Crippen molar-refractivity contribution in [1.29, 1.82) is 0 Å². The van der Waals surface area contributed by atoms with E-state index in [2.05, 4.69) is 22.9 Å². The van der Waals surface area contributed by atoms with E-state index in [4.69, 9.17) is 12.2 Å². The summed E-state index contributed by atoms with van der Waals surface area (Å²) < 4.78 is 0. The van der Waals surface area contributed by atoms with Crippen molar-refractivity contribution in [1.82, 2.24) is 16.0 Å². The SMILES string of the molecule is CCCCCCCCCCCCCCCCCCCCCCCCNC(=S)NC(CNC1CC/C=C\C(O)C(O)C1O)C(O)CC(O)CC. The van der Waals surface area contributed by atoms with E-state index in [1.165, 1.54) is 134 Å². The molecule has 7 unspecified atom stereocenters. The van der Waals surface area contributed by atoms with Gasteiger partial charge in [0, 0.05) is 25.6 Å². The Kier molecular flexibility index (Phi) is 30.1. The van der Waals surface area contributed by atoms with Crippen LogP contribution in [0.2, 0.25) is 0 Å². The Morgan fingerprint density at radius 3 is 1.63 bits per heavy atom. The zero-order chi connectivity index (χ0) is 36.0. The Morgan fingerprint density at radius 1 is 0.694 bits per heavy atom. The lowest BCUT2D eigenvalue weighted by atomic mass is 9.93. The van der Waals surface area contributed by atoms with Gasteiger partial charge < -0.3 is 41.5 Å². The summed E-state index contributed by atoms with van der Waals surface area (Å²) in [5.41, 5.74) is 0. The average molecular weight is 714 g/mol. The van der Waals surface area contributed by atoms with Gasteiger partial charge in [0.1, 0.15) is 12.2 Å². The zero-order valence-corrected chi connectivity index (χ0v) is 32.5. The van der Waals surface area contributed by atoms with Crippen molar-refractivity contribution in [3.63, 3.8) is 0 Å². The molecule has 290 valence electrons. The predicted molar refractivity (Wildman–Crippen MR) is 210 cm³/mol. The minimum atomic E-state index is -1.30. The minimum Gasteiger partial charge on any atom is -0.393 e. The van der Waals surface area contributed by atoms with E-state index in [0.29, 0.717) is 24.4 Å². The molecule has 9 heteroatoms. The molecule has 1 aliphatic rings. The second kappa shape index (κ2) is 31.9. The van der Waals surface area contributed by atoms with Gasteiger partial charge in [-0.25, -0.2) is 0 Å². The average Bonchev–Trinajstić information content (AvgIpc) is 3.09. The fraction of sp³-hybridized carbons (Fsp3) is 0.925. The standard InChI is InChI=1S/C40H79N3O5S/c1-3-5-6-7-8-9-10-11-12-13-14-15-16-17-18-19-20-21-22-23-24-27-30-41-40(49)43-35(37(46)31-33(44)4-2)32-42-34-28-25-26-29-36(45)39(48)38(34)47/h26,29,33-39,42,44-48H,3-25,27-28,30-32H2,1-2H3,(H2,41,43,49)/b29-26-. The fourth-order valence-corrected chi connectivity index (χ4v) is 7.04. The lowest BCUT2D eigenvalue weighted by Crippen LogP contribution is -2.57. The third-order valence-electron chi connectivity index (χ3n) is 10.3. The van der Waals surface area contributed by atoms with E-state index in [1.54, 1.807) is 6.08 Å². The van der Waals surface area contributed by atoms with Crippen LogP contribution in [0.4, 0.5) is 0 Å². The lowest BCUT2D eigenvalue weighted by molar-refractivity contribution is -0.0593. The molecule has 0 aromatic heterocycles. The molecule has 0 aliphatic heterocycles. The Morgan fingerprint density at radius 2 is 1.16 bits per heavy atom. The number of aliphatic hydroxyl groups is 5. The van der Waals surface area contributed by atoms with Crippen molar-refractivity contribution >= 4 is 17.3 Å². The first-order valence-corrected chi connectivity index (χ1v) is 21.1. The van der Waals surface area contributed by atoms with E-state index in [-0.39, 0.29) is 13.0 Å². The third kappa shape index (κ3) is 24.9. The maximum absolute atomic E-state index is 10.9. The van der Waals surface area contributed by atoms with Gasteiger partial charge in [0.15, 0.2) is 5.11 Å². The molecule has 8 nitrogen and oxygen atoms in total. The van der Waals surface area contributed by atoms with Gasteiger partial charge in [0.2, 0.25) is 0 Å². The van der Waals surface area contributed by atoms with Gasteiger partial charge in [-0.3, -0.25) is 0 Å². The molecule has 0 amide bonds. The second-order valence-electron chi connectivity index (χ2n) is 14.8. The van der Waals surface area contributed by atoms with Gasteiger partial charge >= 0.3 is 0 Å². The maximum atomic E-state index is 10.9. The molecule has 0 bridgehead atoms. The molecular weight excluding hydrogens is 635 g/mol. The molecule has 0 heterocycles. The molecule has 1 aliphatic carbocycles. The molecule has 8 N–H and O–H groups in total. The fourth-order valence-electron chi connectivity index (χ4n) is 6.79. The van der Waals surface area contributed by atoms with E-state index in [1.807, 2.05) is 6.92 Å². The summed E-state index contributed by atoms with van der Waals surface area (Å²) in [6.45, 7) is 5.19. The summed E-state index contributed by atoms with van der Waals surface area (Å²) in [4.78, 5) is 0. The highest BCUT2D eigenvalue weighted by Gasteiger charge is 2.32. The molecule has 0 saturated carbocycles. The highest BCUT2D eigenvalue weighted by Crippen LogP contribution is 2.17. The van der Waals surface area contributed by atoms with Crippen LogP contribution in [0.3, 0.4) is 0 Å². The topological polar surface area (TPSA) is 137 Å². The first-order valence-electron chi connectivity index (χ1n) is 20.6. The minimum absolute atomic E-state index is 0.204. The monoisotopic (exact) mass is 714 g/mol. The largest absolute Gasteiger partial charge is 0.393 e. The van der Waals surface area contributed by atoms with Crippen molar-refractivity contribution in [2.24, 2.45) is 0 Å². The van der Waals surface area contributed by atoms with E-state index >= 15 is 0 Å². The summed E-state index contributed by atoms with van der Waals surface area (Å²) in [7, 11) is 0. The van der Waals surface area contributed by atoms with Crippen LogP contribution in [0.1, 0.15) is 181 Å². The van der Waals surface area contributed by atoms with E-state index < -0.39 is 42.6 Å². The summed E-state index contributed by atoms with van der Waals surface area (Å²) in [6.07, 6.45) is 30.3. The molecule has 0 aromatic carbocycles. The molecule has 0 radical (unpaired) electrons. The van der Waals surface area contributed by atoms with Gasteiger partial charge in [-0.2, -0.15) is 0 Å². The molecule has 49 heavy (non-hydrogen) atoms. The normalized spacial score (nSPS) is 22.2. The first kappa shape index (κ1) is 46.2. The number of rotatable bonds is 31. The summed E-state index contributed by atoms with van der Waals surface area (Å²) in [6, 6.07) is -0.964. The Labute approximate surface area is 306 Å². The van der Waals surface area contributed by atoms with Crippen molar-refractivity contribution in [3.8, 4) is 0 Å². The maximum Gasteiger partial charge on any atom is 0.166 e. The second-order valence-corrected chi connectivity index (χ2v) is 15.2. The quantitative estimate of drug-likeness (QED) is 0.0211. The van der Waals surface area contributed by atoms with Crippen LogP contribution < -0.4 is 16.0 Å². The molecule has 1 rings (SSSR count). The Hall–Kier alpha value is -0.810. The highest BCUT2D eigenvalue weighted by molar-refractivity contribution is 7.80. The zero-order valence-electron chi connectivity index (χ0n) is 31.6. The van der Waals surface area contributed by atoms with Gasteiger partial charge in [-0.15, -0.1) is 0 Å². The number of allylic oxidation sites excluding steroid dienone is 1. The number of hydrogen-bond donors (Lipinski definition) is 8. The molecule has 0 saturated heterocycles. The molecule has 7 atom stereocenters. The van der Waals surface area contributed by atoms with Crippen LogP contribution in [0.5, 0.6) is 0 Å². The number of hydrogen-bond acceptors (Lipinski definition) is 7. The van der Waals surface area contributed by atoms with Gasteiger partial charge in [0.05, 0.1) is 24.4 Å². The van der Waals surface area contributed by atoms with E-state index in [9.17, 15) is 25.5 Å². The van der Waals surface area contributed by atoms with Gasteiger partial charge in [-0.1, -0.05) is 161 Å². The Balaban J connectivity index is 2.09. The van der Waals surface area contributed by atoms with Crippen LogP contribution in [0, 0.1) is 0 Å². The van der Waals surface area contributed by atoms with Crippen LogP contribution in [0.15, 0.2) is 12.2 Å². The number of nitrogens with one attached hydrogen (secondary N) is 3. The van der Waals surface area contributed by atoms with Crippen LogP contribution in [-0.4, -0.2) is 86.3 Å². The van der Waals surface area contributed by atoms with E-state index in [0.717, 1.165) is 19.4 Å². The highest BCUT2D eigenvalue weighted by atomic mass is 32.1. The molecule has 0 spiro atoms. The Bertz CT molecular complexity index is 791. The van der Waals surface area contributed by atoms with Crippen LogP contribution in [0.25, 0.3) is 0 Å². The third-order valence-corrected chi connectivity index (χ3v) is 10.5. The first-order chi connectivity index (χ1) is 23.8. The predicted octanol–water partition coefficient (Wildman–Crippen LogP) is 7.33. The van der Waals surface area contributed by atoms with Gasteiger partial charge in [0.25, 0.3) is 0 Å².